The van der Waals surface area contributed by atoms with Crippen molar-refractivity contribution in [2.24, 2.45) is 5.73 Å². The fourth-order valence-corrected chi connectivity index (χ4v) is 7.91. The molecule has 3 aliphatic rings. The molecule has 0 fully saturated rings. The third-order valence-corrected chi connectivity index (χ3v) is 10.9. The van der Waals surface area contributed by atoms with Crippen LogP contribution < -0.4 is 15.7 Å². The van der Waals surface area contributed by atoms with Crippen molar-refractivity contribution >= 4 is 51.5 Å². The summed E-state index contributed by atoms with van der Waals surface area (Å²) in [4.78, 5) is 85.3. The molecular weight excluding hydrogens is 773 g/mol. The van der Waals surface area contributed by atoms with Crippen LogP contribution in [-0.2, 0) is 49.0 Å². The number of carbonyl (C=O) groups excluding carboxylic acids is 5. The van der Waals surface area contributed by atoms with Crippen LogP contribution in [0.25, 0.3) is 22.1 Å². The van der Waals surface area contributed by atoms with Crippen molar-refractivity contribution < 1.29 is 58.6 Å². The molecule has 53 heavy (non-hydrogen) atoms. The van der Waals surface area contributed by atoms with Crippen LogP contribution in [0.4, 0.5) is 0 Å². The minimum atomic E-state index is -1.30. The number of aryl methyl sites for hydroxylation is 2. The van der Waals surface area contributed by atoms with Gasteiger partial charge in [-0.2, -0.15) is 0 Å². The molecule has 1 aliphatic carbocycles. The van der Waals surface area contributed by atoms with Crippen LogP contribution >= 0.6 is 0 Å². The fraction of sp³-hybridized carbons (Fsp3) is 0.462. The zero-order chi connectivity index (χ0) is 37.8. The molecule has 6 rings (SSSR count). The molecule has 2 aliphatic heterocycles. The van der Waals surface area contributed by atoms with Gasteiger partial charge >= 0.3 is 38.3 Å². The van der Waals surface area contributed by atoms with Gasteiger partial charge in [-0.05, 0) is 39.2 Å². The van der Waals surface area contributed by atoms with E-state index in [-0.39, 0.29) is 63.4 Å². The molecule has 0 radical (unpaired) electrons. The first-order valence-corrected chi connectivity index (χ1v) is 17.5. The van der Waals surface area contributed by atoms with Crippen molar-refractivity contribution in [3.05, 3.63) is 68.8 Å². The van der Waals surface area contributed by atoms with Gasteiger partial charge in [0, 0.05) is 64.0 Å². The zero-order valence-electron chi connectivity index (χ0n) is 31.0. The van der Waals surface area contributed by atoms with E-state index in [0.29, 0.717) is 61.3 Å². The maximum Gasteiger partial charge on any atom is 2.00 e. The Hall–Kier alpha value is -4.51. The number of ether oxygens (including phenoxy) is 3. The fourth-order valence-electron chi connectivity index (χ4n) is 7.91. The Kier molecular flexibility index (Phi) is 11.6. The number of esters is 3. The van der Waals surface area contributed by atoms with Gasteiger partial charge < -0.3 is 29.9 Å². The summed E-state index contributed by atoms with van der Waals surface area (Å²) in [5, 5.41) is 0. The average Bonchev–Trinajstić information content (AvgIpc) is 3.86. The molecule has 0 aromatic carbocycles. The van der Waals surface area contributed by atoms with Gasteiger partial charge in [-0.15, -0.1) is 22.1 Å². The third kappa shape index (κ3) is 6.88. The summed E-state index contributed by atoms with van der Waals surface area (Å²) in [6.07, 6.45) is 0.945. The van der Waals surface area contributed by atoms with Crippen molar-refractivity contribution in [1.29, 1.82) is 0 Å². The maximum atomic E-state index is 14.2. The molecule has 5 heterocycles. The van der Waals surface area contributed by atoms with Gasteiger partial charge in [-0.3, -0.25) is 33.9 Å². The number of fused-ring (bicyclic) bond motifs is 8. The monoisotopic (exact) mass is 815 g/mol. The summed E-state index contributed by atoms with van der Waals surface area (Å²) >= 11 is 0. The van der Waals surface area contributed by atoms with E-state index >= 15 is 0 Å². The number of nitrogens with zero attached hydrogens (tertiary/aromatic N) is 4. The van der Waals surface area contributed by atoms with Gasteiger partial charge in [0.1, 0.15) is 18.6 Å². The van der Waals surface area contributed by atoms with Crippen molar-refractivity contribution in [1.82, 2.24) is 19.9 Å². The molecule has 14 heteroatoms. The first-order chi connectivity index (χ1) is 24.7. The number of aromatic nitrogens is 4. The van der Waals surface area contributed by atoms with E-state index in [1.165, 1.54) is 21.1 Å². The van der Waals surface area contributed by atoms with Crippen molar-refractivity contribution in [3.63, 3.8) is 0 Å². The summed E-state index contributed by atoms with van der Waals surface area (Å²) in [7, 11) is 2.42. The number of hydrogen-bond donors (Lipinski definition) is 1. The minimum Gasteiger partial charge on any atom is -0.657 e. The number of methoxy groups -OCH3 is 2. The van der Waals surface area contributed by atoms with Crippen LogP contribution in [0.2, 0.25) is 0 Å². The Morgan fingerprint density at radius 3 is 2.15 bits per heavy atom. The van der Waals surface area contributed by atoms with Crippen molar-refractivity contribution in [3.8, 4) is 0 Å². The summed E-state index contributed by atoms with van der Waals surface area (Å²) in [5.41, 5.74) is 12.9. The summed E-state index contributed by atoms with van der Waals surface area (Å²) in [6, 6.07) is 4.49. The Morgan fingerprint density at radius 2 is 1.51 bits per heavy atom. The molecule has 0 saturated heterocycles. The number of ketones is 2. The van der Waals surface area contributed by atoms with Gasteiger partial charge in [-0.25, -0.2) is 0 Å². The van der Waals surface area contributed by atoms with E-state index in [4.69, 9.17) is 35.1 Å². The molecule has 8 bridgehead atoms. The van der Waals surface area contributed by atoms with E-state index in [1.54, 1.807) is 0 Å². The second-order valence-electron chi connectivity index (χ2n) is 13.9. The number of rotatable bonds is 9. The van der Waals surface area contributed by atoms with E-state index in [1.807, 2.05) is 39.0 Å². The zero-order valence-corrected chi connectivity index (χ0v) is 32.5. The van der Waals surface area contributed by atoms with Crippen LogP contribution in [0.5, 0.6) is 0 Å². The minimum absolute atomic E-state index is 0. The van der Waals surface area contributed by atoms with Gasteiger partial charge in [-0.1, -0.05) is 50.1 Å². The first kappa shape index (κ1) is 39.7. The standard InChI is InChI=1S/C39H44N5O8.Pd/c1-9-21-16(2)24-14-29-31(20(6)45)18(4)26(42-29)12-25-17(3)22(10-11-30(46)52-15-23(40)38(48)50-7)35(43-25)33-34(39(49)51-8)37(47)32-19(5)27(44-36(32)33)13-28(21)41-24;/h12-14,16-17,21-23,34H,9-11,15,40H2,1-8H3,(H-,41,42,43,44,45,47);/q-1;+2/p-1/t16?,17?,21?,22?,23-,34?;/m0./s1. The molecule has 13 nitrogen and oxygen atoms in total. The summed E-state index contributed by atoms with van der Waals surface area (Å²) < 4.78 is 15.1. The van der Waals surface area contributed by atoms with Crippen molar-refractivity contribution in [2.45, 2.75) is 96.4 Å². The van der Waals surface area contributed by atoms with E-state index in [0.717, 1.165) is 17.8 Å². The molecular formula is C39H43N5O8Pd. The van der Waals surface area contributed by atoms with Crippen LogP contribution in [0, 0.1) is 13.8 Å². The van der Waals surface area contributed by atoms with Crippen LogP contribution in [0.15, 0.2) is 18.2 Å². The first-order valence-electron chi connectivity index (χ1n) is 17.5. The molecule has 3 aromatic rings. The van der Waals surface area contributed by atoms with Crippen LogP contribution in [0.3, 0.4) is 0 Å². The Bertz CT molecular complexity index is 2190. The third-order valence-electron chi connectivity index (χ3n) is 10.9. The number of hydrogen-bond acceptors (Lipinski definition) is 11. The SMILES string of the molecule is CCC1c2cc3[n-]c4c(c3C)C(=O)C(C(=O)OC)c4c3nc(cc4[n-]c(cc(n2)C1C)c(C(C)=O)c4C)C(C)C3CCC(=O)OC[C@H](N)C(=O)OC.[Pd+2]. The largest absolute Gasteiger partial charge is 2.00 e. The predicted molar refractivity (Wildman–Crippen MR) is 190 cm³/mol. The van der Waals surface area contributed by atoms with Gasteiger partial charge in [0.15, 0.2) is 11.6 Å². The molecule has 0 saturated carbocycles. The smallest absolute Gasteiger partial charge is 0.657 e. The molecule has 0 spiro atoms. The maximum absolute atomic E-state index is 14.2. The second-order valence-corrected chi connectivity index (χ2v) is 13.9. The molecule has 0 amide bonds. The number of nitrogens with two attached hydrogens (primary N) is 1. The van der Waals surface area contributed by atoms with E-state index < -0.39 is 41.6 Å². The molecule has 5 unspecified atom stereocenters. The molecule has 3 aromatic heterocycles. The van der Waals surface area contributed by atoms with Crippen LogP contribution in [-0.4, -0.2) is 66.3 Å². The normalized spacial score (nSPS) is 20.8. The van der Waals surface area contributed by atoms with E-state index in [2.05, 4.69) is 18.6 Å². The predicted octanol–water partition coefficient (Wildman–Crippen LogP) is 4.85. The molecule has 2 N–H and O–H groups in total. The van der Waals surface area contributed by atoms with Gasteiger partial charge in [0.2, 0.25) is 0 Å². The summed E-state index contributed by atoms with van der Waals surface area (Å²) in [5.74, 6) is -4.60. The topological polar surface area (TPSA) is 193 Å². The van der Waals surface area contributed by atoms with E-state index in [9.17, 15) is 24.0 Å². The Balaban J connectivity index is 0.00000541. The quantitative estimate of drug-likeness (QED) is 0.101. The second kappa shape index (κ2) is 15.5. The van der Waals surface area contributed by atoms with Gasteiger partial charge in [0.25, 0.3) is 0 Å². The molecule has 282 valence electrons. The number of carbonyl (C=O) groups is 5. The van der Waals surface area contributed by atoms with Crippen LogP contribution in [0.1, 0.15) is 137 Å². The Labute approximate surface area is 320 Å². The van der Waals surface area contributed by atoms with Crippen molar-refractivity contribution in [2.75, 3.05) is 20.8 Å². The van der Waals surface area contributed by atoms with Gasteiger partial charge in [0.05, 0.1) is 14.2 Å². The summed E-state index contributed by atoms with van der Waals surface area (Å²) in [6.45, 7) is 11.0. The average molecular weight is 816 g/mol. The molecule has 6 atom stereocenters. The number of Topliss-reactive ketones (excluding diaryl/α,β-unsaturated/α-hetero) is 2. The Morgan fingerprint density at radius 1 is 0.887 bits per heavy atom.